The van der Waals surface area contributed by atoms with Crippen LogP contribution < -0.4 is 10.2 Å². The van der Waals surface area contributed by atoms with Gasteiger partial charge in [-0.05, 0) is 49.8 Å². The molecule has 2 fully saturated rings. The number of hydrogen-bond donors (Lipinski definition) is 1. The Morgan fingerprint density at radius 3 is 3.04 bits per heavy atom. The first-order chi connectivity index (χ1) is 12.1. The van der Waals surface area contributed by atoms with Crippen LogP contribution in [0.2, 0.25) is 5.02 Å². The van der Waals surface area contributed by atoms with E-state index in [-0.39, 0.29) is 5.91 Å². The molecule has 0 spiro atoms. The van der Waals surface area contributed by atoms with Gasteiger partial charge in [0.2, 0.25) is 0 Å². The number of rotatable bonds is 5. The Morgan fingerprint density at radius 1 is 1.40 bits per heavy atom. The lowest BCUT2D eigenvalue weighted by molar-refractivity contribution is 0.0952. The molecule has 2 aromatic rings. The lowest BCUT2D eigenvalue weighted by Gasteiger charge is -2.21. The van der Waals surface area contributed by atoms with Gasteiger partial charge in [0.05, 0.1) is 11.2 Å². The maximum atomic E-state index is 12.3. The average Bonchev–Trinajstić information content (AvgIpc) is 3.15. The molecule has 4 nitrogen and oxygen atoms in total. The molecule has 1 atom stereocenters. The third-order valence-corrected chi connectivity index (χ3v) is 6.42. The number of hydrogen-bond acceptors (Lipinski definition) is 4. The van der Waals surface area contributed by atoms with Crippen LogP contribution >= 0.6 is 22.9 Å². The van der Waals surface area contributed by atoms with Crippen molar-refractivity contribution in [2.75, 3.05) is 24.5 Å². The van der Waals surface area contributed by atoms with Crippen LogP contribution in [0, 0.1) is 12.8 Å². The van der Waals surface area contributed by atoms with E-state index in [9.17, 15) is 4.79 Å². The molecule has 1 unspecified atom stereocenters. The van der Waals surface area contributed by atoms with Crippen molar-refractivity contribution in [3.8, 4) is 0 Å². The molecule has 1 aliphatic carbocycles. The van der Waals surface area contributed by atoms with Crippen LogP contribution in [0.25, 0.3) is 0 Å². The Morgan fingerprint density at radius 2 is 2.24 bits per heavy atom. The number of anilines is 1. The number of halogens is 1. The van der Waals surface area contributed by atoms with Gasteiger partial charge < -0.3 is 10.2 Å². The van der Waals surface area contributed by atoms with Crippen molar-refractivity contribution in [3.63, 3.8) is 0 Å². The highest BCUT2D eigenvalue weighted by atomic mass is 35.5. The van der Waals surface area contributed by atoms with Crippen molar-refractivity contribution < 1.29 is 4.79 Å². The molecule has 1 aliphatic heterocycles. The molecule has 0 bridgehead atoms. The normalized spacial score (nSPS) is 20.1. The van der Waals surface area contributed by atoms with Gasteiger partial charge in [0.25, 0.3) is 5.91 Å². The molecule has 1 saturated heterocycles. The first-order valence-electron chi connectivity index (χ1n) is 8.85. The second-order valence-corrected chi connectivity index (χ2v) is 8.58. The zero-order chi connectivity index (χ0) is 17.4. The van der Waals surface area contributed by atoms with Crippen molar-refractivity contribution in [2.24, 2.45) is 5.92 Å². The Bertz CT molecular complexity index is 787. The largest absolute Gasteiger partial charge is 0.371 e. The van der Waals surface area contributed by atoms with E-state index >= 15 is 0 Å². The topological polar surface area (TPSA) is 45.2 Å². The first-order valence-corrected chi connectivity index (χ1v) is 10.0. The van der Waals surface area contributed by atoms with E-state index in [1.165, 1.54) is 24.1 Å². The lowest BCUT2D eigenvalue weighted by atomic mass is 10.1. The number of nitrogens with one attached hydrogen (secondary N) is 1. The van der Waals surface area contributed by atoms with Crippen molar-refractivity contribution in [2.45, 2.75) is 32.1 Å². The molecular formula is C19H22ClN3OS. The first kappa shape index (κ1) is 16.9. The van der Waals surface area contributed by atoms with Crippen LogP contribution in [0.3, 0.4) is 0 Å². The fraction of sp³-hybridized carbons (Fsp3) is 0.474. The molecule has 6 heteroatoms. The second-order valence-electron chi connectivity index (χ2n) is 7.08. The predicted molar refractivity (Wildman–Crippen MR) is 103 cm³/mol. The molecule has 2 aliphatic rings. The molecule has 1 amide bonds. The Hall–Kier alpha value is -1.59. The van der Waals surface area contributed by atoms with Crippen molar-refractivity contribution >= 4 is 34.5 Å². The van der Waals surface area contributed by atoms with Gasteiger partial charge in [-0.3, -0.25) is 4.79 Å². The summed E-state index contributed by atoms with van der Waals surface area (Å²) in [4.78, 5) is 19.8. The molecule has 25 heavy (non-hydrogen) atoms. The third kappa shape index (κ3) is 3.82. The van der Waals surface area contributed by atoms with E-state index in [2.05, 4.69) is 28.2 Å². The molecule has 4 rings (SSSR count). The summed E-state index contributed by atoms with van der Waals surface area (Å²) in [5.41, 5.74) is 2.45. The van der Waals surface area contributed by atoms with Crippen LogP contribution in [0.1, 0.15) is 45.4 Å². The van der Waals surface area contributed by atoms with Crippen LogP contribution in [-0.4, -0.2) is 30.5 Å². The highest BCUT2D eigenvalue weighted by Crippen LogP contribution is 2.41. The summed E-state index contributed by atoms with van der Waals surface area (Å²) in [7, 11) is 0. The van der Waals surface area contributed by atoms with Crippen molar-refractivity contribution in [1.29, 1.82) is 0 Å². The molecule has 132 valence electrons. The predicted octanol–water partition coefficient (Wildman–Crippen LogP) is 4.24. The summed E-state index contributed by atoms with van der Waals surface area (Å²) in [6.07, 6.45) is 5.25. The summed E-state index contributed by atoms with van der Waals surface area (Å²) in [5.74, 6) is 1.09. The second kappa shape index (κ2) is 6.96. The van der Waals surface area contributed by atoms with Crippen molar-refractivity contribution in [3.05, 3.63) is 44.9 Å². The summed E-state index contributed by atoms with van der Waals surface area (Å²) in [6.45, 7) is 4.79. The van der Waals surface area contributed by atoms with Gasteiger partial charge in [-0.2, -0.15) is 0 Å². The Kier molecular flexibility index (Phi) is 4.69. The standard InChI is InChI=1S/C19H22ClN3OS/c1-12-2-5-15(20)8-16(12)23-7-6-13(11-23)9-21-18(24)17-10-22-19(25-17)14-3-4-14/h2,5,8,10,13-14H,3-4,6-7,9,11H2,1H3,(H,21,24). The number of benzene rings is 1. The summed E-state index contributed by atoms with van der Waals surface area (Å²) >= 11 is 7.69. The van der Waals surface area contributed by atoms with Crippen LogP contribution in [0.15, 0.2) is 24.4 Å². The van der Waals surface area contributed by atoms with E-state index < -0.39 is 0 Å². The zero-order valence-electron chi connectivity index (χ0n) is 14.3. The maximum absolute atomic E-state index is 12.3. The zero-order valence-corrected chi connectivity index (χ0v) is 15.9. The fourth-order valence-corrected chi connectivity index (χ4v) is 4.55. The van der Waals surface area contributed by atoms with E-state index in [4.69, 9.17) is 11.6 Å². The van der Waals surface area contributed by atoms with Crippen LogP contribution in [0.4, 0.5) is 5.69 Å². The highest BCUT2D eigenvalue weighted by Gasteiger charge is 2.28. The van der Waals surface area contributed by atoms with E-state index in [0.29, 0.717) is 18.4 Å². The lowest BCUT2D eigenvalue weighted by Crippen LogP contribution is -2.30. The van der Waals surface area contributed by atoms with E-state index in [0.717, 1.165) is 34.4 Å². The Labute approximate surface area is 157 Å². The SMILES string of the molecule is Cc1ccc(Cl)cc1N1CCC(CNC(=O)c2cnc(C3CC3)s2)C1. The molecular weight excluding hydrogens is 354 g/mol. The molecule has 2 heterocycles. The quantitative estimate of drug-likeness (QED) is 0.850. The van der Waals surface area contributed by atoms with Gasteiger partial charge in [-0.1, -0.05) is 17.7 Å². The Balaban J connectivity index is 1.31. The highest BCUT2D eigenvalue weighted by molar-refractivity contribution is 7.13. The number of aryl methyl sites for hydroxylation is 1. The molecule has 1 saturated carbocycles. The molecule has 1 aromatic carbocycles. The fourth-order valence-electron chi connectivity index (χ4n) is 3.38. The minimum Gasteiger partial charge on any atom is -0.371 e. The smallest absolute Gasteiger partial charge is 0.263 e. The van der Waals surface area contributed by atoms with Gasteiger partial charge >= 0.3 is 0 Å². The van der Waals surface area contributed by atoms with Gasteiger partial charge in [0.1, 0.15) is 4.88 Å². The maximum Gasteiger partial charge on any atom is 0.263 e. The average molecular weight is 376 g/mol. The monoisotopic (exact) mass is 375 g/mol. The number of thiazole rings is 1. The number of nitrogens with zero attached hydrogens (tertiary/aromatic N) is 2. The third-order valence-electron chi connectivity index (χ3n) is 5.02. The van der Waals surface area contributed by atoms with Crippen LogP contribution in [-0.2, 0) is 0 Å². The van der Waals surface area contributed by atoms with Gasteiger partial charge in [-0.15, -0.1) is 11.3 Å². The molecule has 1 N–H and O–H groups in total. The van der Waals surface area contributed by atoms with Crippen LogP contribution in [0.5, 0.6) is 0 Å². The summed E-state index contributed by atoms with van der Waals surface area (Å²) in [6, 6.07) is 6.03. The van der Waals surface area contributed by atoms with Gasteiger partial charge in [-0.25, -0.2) is 4.98 Å². The minimum absolute atomic E-state index is 0.0155. The summed E-state index contributed by atoms with van der Waals surface area (Å²) in [5, 5.41) is 4.98. The van der Waals surface area contributed by atoms with Gasteiger partial charge in [0.15, 0.2) is 0 Å². The van der Waals surface area contributed by atoms with E-state index in [1.54, 1.807) is 17.5 Å². The molecule has 0 radical (unpaired) electrons. The number of carbonyl (C=O) groups excluding carboxylic acids is 1. The van der Waals surface area contributed by atoms with Crippen molar-refractivity contribution in [1.82, 2.24) is 10.3 Å². The van der Waals surface area contributed by atoms with Gasteiger partial charge in [0, 0.05) is 36.3 Å². The minimum atomic E-state index is 0.0155. The number of amides is 1. The molecule has 1 aromatic heterocycles. The summed E-state index contributed by atoms with van der Waals surface area (Å²) < 4.78 is 0. The number of aromatic nitrogens is 1. The van der Waals surface area contributed by atoms with E-state index in [1.807, 2.05) is 12.1 Å². The number of carbonyl (C=O) groups is 1.